The van der Waals surface area contributed by atoms with Crippen LogP contribution in [0, 0.1) is 0 Å². The Hall–Kier alpha value is -1.28. The van der Waals surface area contributed by atoms with Crippen LogP contribution in [0.2, 0.25) is 0 Å². The first kappa shape index (κ1) is 11.8. The van der Waals surface area contributed by atoms with Gasteiger partial charge >= 0.3 is 18.0 Å². The average Bonchev–Trinajstić information content (AvgIpc) is 2.49. The van der Waals surface area contributed by atoms with E-state index < -0.39 is 23.7 Å². The van der Waals surface area contributed by atoms with Crippen molar-refractivity contribution in [3.63, 3.8) is 0 Å². The molecule has 15 heavy (non-hydrogen) atoms. The summed E-state index contributed by atoms with van der Waals surface area (Å²) in [5, 5.41) is 0. The van der Waals surface area contributed by atoms with Gasteiger partial charge in [0.15, 0.2) is 0 Å². The second kappa shape index (κ2) is 3.11. The second-order valence-electron chi connectivity index (χ2n) is 2.62. The Morgan fingerprint density at radius 3 is 1.67 bits per heavy atom. The normalized spacial score (nSPS) is 14.3. The molecule has 1 aromatic heterocycles. The summed E-state index contributed by atoms with van der Waals surface area (Å²) in [6.07, 6.45) is -11.5. The molecule has 0 aliphatic rings. The number of nitrogens with zero attached hydrogens (tertiary/aromatic N) is 1. The van der Waals surface area contributed by atoms with E-state index >= 15 is 0 Å². The highest BCUT2D eigenvalue weighted by Gasteiger charge is 2.74. The van der Waals surface area contributed by atoms with E-state index in [-0.39, 0.29) is 6.20 Å². The maximum Gasteiger partial charge on any atom is 0.437 e. The Labute approximate surface area is 78.1 Å². The van der Waals surface area contributed by atoms with Crippen LogP contribution >= 0.6 is 0 Å². The molecular weight excluding hydrogens is 233 g/mol. The zero-order valence-electron chi connectivity index (χ0n) is 6.75. The second-order valence-corrected chi connectivity index (χ2v) is 2.62. The molecule has 0 amide bonds. The largest absolute Gasteiger partial charge is 0.437 e. The highest BCUT2D eigenvalue weighted by atomic mass is 19.4. The van der Waals surface area contributed by atoms with Crippen LogP contribution in [0.4, 0.5) is 30.7 Å². The third-order valence-electron chi connectivity index (χ3n) is 1.65. The molecule has 0 unspecified atom stereocenters. The highest BCUT2D eigenvalue weighted by molar-refractivity contribution is 5.15. The lowest BCUT2D eigenvalue weighted by atomic mass is 10.0. The highest BCUT2D eigenvalue weighted by Crippen LogP contribution is 2.52. The number of H-pyrrole nitrogens is 1. The zero-order chi connectivity index (χ0) is 11.9. The van der Waals surface area contributed by atoms with E-state index in [9.17, 15) is 30.7 Å². The van der Waals surface area contributed by atoms with Crippen LogP contribution in [0.5, 0.6) is 0 Å². The zero-order valence-corrected chi connectivity index (χ0v) is 6.75. The molecule has 0 spiro atoms. The van der Waals surface area contributed by atoms with E-state index in [0.29, 0.717) is 6.33 Å². The van der Waals surface area contributed by atoms with Crippen LogP contribution in [0.1, 0.15) is 5.69 Å². The van der Waals surface area contributed by atoms with Gasteiger partial charge in [-0.25, -0.2) is 9.37 Å². The SMILES string of the molecule is FC(F)(F)C(F)(c1cnc[nH]1)C(F)(F)F. The van der Waals surface area contributed by atoms with Gasteiger partial charge in [0.25, 0.3) is 0 Å². The molecule has 0 saturated heterocycles. The van der Waals surface area contributed by atoms with Gasteiger partial charge in [-0.15, -0.1) is 0 Å². The molecule has 2 nitrogen and oxygen atoms in total. The molecular formula is C6H3F7N2. The van der Waals surface area contributed by atoms with Crippen LogP contribution in [-0.2, 0) is 5.67 Å². The van der Waals surface area contributed by atoms with Crippen LogP contribution in [-0.4, -0.2) is 22.3 Å². The number of alkyl halides is 7. The third-order valence-corrected chi connectivity index (χ3v) is 1.65. The summed E-state index contributed by atoms with van der Waals surface area (Å²) < 4.78 is 85.2. The Bertz CT molecular complexity index is 308. The summed E-state index contributed by atoms with van der Waals surface area (Å²) in [6.45, 7) is 0. The molecule has 0 saturated carbocycles. The first-order valence-electron chi connectivity index (χ1n) is 3.42. The molecule has 0 atom stereocenters. The van der Waals surface area contributed by atoms with Gasteiger partial charge in [-0.3, -0.25) is 0 Å². The lowest BCUT2D eigenvalue weighted by Gasteiger charge is -2.28. The molecule has 0 fully saturated rings. The van der Waals surface area contributed by atoms with Gasteiger partial charge in [0, 0.05) is 0 Å². The summed E-state index contributed by atoms with van der Waals surface area (Å²) in [5.74, 6) is 0. The minimum absolute atomic E-state index is 0.140. The first-order valence-corrected chi connectivity index (χ1v) is 3.42. The molecule has 86 valence electrons. The van der Waals surface area contributed by atoms with Gasteiger partial charge in [0.2, 0.25) is 0 Å². The standard InChI is InChI=1S/C6H3F7N2/c7-4(5(8,9)10,6(11,12)13)3-1-14-2-15-3/h1-2H,(H,14,15). The van der Waals surface area contributed by atoms with Gasteiger partial charge in [-0.05, 0) is 0 Å². The molecule has 0 aromatic carbocycles. The van der Waals surface area contributed by atoms with Gasteiger partial charge < -0.3 is 4.98 Å². The van der Waals surface area contributed by atoms with E-state index in [0.717, 1.165) is 0 Å². The van der Waals surface area contributed by atoms with Crippen LogP contribution in [0.3, 0.4) is 0 Å². The van der Waals surface area contributed by atoms with Gasteiger partial charge in [0.05, 0.1) is 18.2 Å². The van der Waals surface area contributed by atoms with Crippen molar-refractivity contribution in [3.8, 4) is 0 Å². The Morgan fingerprint density at radius 2 is 1.40 bits per heavy atom. The molecule has 0 aliphatic carbocycles. The molecule has 1 N–H and O–H groups in total. The number of nitrogens with one attached hydrogen (secondary N) is 1. The lowest BCUT2D eigenvalue weighted by Crippen LogP contribution is -2.50. The van der Waals surface area contributed by atoms with Crippen molar-refractivity contribution in [2.45, 2.75) is 18.0 Å². The summed E-state index contributed by atoms with van der Waals surface area (Å²) in [5.41, 5.74) is -7.11. The van der Waals surface area contributed by atoms with Crippen molar-refractivity contribution in [3.05, 3.63) is 18.2 Å². The molecule has 0 radical (unpaired) electrons. The fourth-order valence-corrected chi connectivity index (χ4v) is 0.910. The monoisotopic (exact) mass is 236 g/mol. The molecule has 0 bridgehead atoms. The smallest absolute Gasteiger partial charge is 0.345 e. The quantitative estimate of drug-likeness (QED) is 0.746. The van der Waals surface area contributed by atoms with Crippen LogP contribution in [0.25, 0.3) is 0 Å². The number of imidazole rings is 1. The van der Waals surface area contributed by atoms with E-state index in [2.05, 4.69) is 4.98 Å². The predicted molar refractivity (Wildman–Crippen MR) is 33.5 cm³/mol. The number of halogens is 7. The van der Waals surface area contributed by atoms with Crippen molar-refractivity contribution < 1.29 is 30.7 Å². The van der Waals surface area contributed by atoms with Gasteiger partial charge in [-0.1, -0.05) is 0 Å². The minimum atomic E-state index is -6.10. The number of hydrogen-bond donors (Lipinski definition) is 1. The third kappa shape index (κ3) is 1.65. The number of hydrogen-bond acceptors (Lipinski definition) is 1. The van der Waals surface area contributed by atoms with Crippen molar-refractivity contribution >= 4 is 0 Å². The number of rotatable bonds is 1. The molecule has 1 heterocycles. The summed E-state index contributed by atoms with van der Waals surface area (Å²) in [6, 6.07) is 0. The topological polar surface area (TPSA) is 28.7 Å². The van der Waals surface area contributed by atoms with Crippen molar-refractivity contribution in [2.75, 3.05) is 0 Å². The van der Waals surface area contributed by atoms with Crippen molar-refractivity contribution in [1.29, 1.82) is 0 Å². The van der Waals surface area contributed by atoms with Gasteiger partial charge in [-0.2, -0.15) is 26.3 Å². The van der Waals surface area contributed by atoms with E-state index in [1.165, 1.54) is 4.98 Å². The van der Waals surface area contributed by atoms with E-state index in [1.807, 2.05) is 0 Å². The Balaban J connectivity index is 3.33. The molecule has 1 aromatic rings. The fraction of sp³-hybridized carbons (Fsp3) is 0.500. The van der Waals surface area contributed by atoms with Crippen molar-refractivity contribution in [1.82, 2.24) is 9.97 Å². The minimum Gasteiger partial charge on any atom is -0.345 e. The number of aromatic amines is 1. The average molecular weight is 236 g/mol. The molecule has 0 aliphatic heterocycles. The van der Waals surface area contributed by atoms with Gasteiger partial charge in [0.1, 0.15) is 0 Å². The van der Waals surface area contributed by atoms with E-state index in [4.69, 9.17) is 0 Å². The Morgan fingerprint density at radius 1 is 0.933 bits per heavy atom. The molecule has 1 rings (SSSR count). The van der Waals surface area contributed by atoms with Crippen LogP contribution in [0.15, 0.2) is 12.5 Å². The molecule has 9 heteroatoms. The summed E-state index contributed by atoms with van der Waals surface area (Å²) in [7, 11) is 0. The van der Waals surface area contributed by atoms with Crippen LogP contribution < -0.4 is 0 Å². The maximum absolute atomic E-state index is 13.0. The first-order chi connectivity index (χ1) is 6.61. The predicted octanol–water partition coefficient (Wildman–Crippen LogP) is 2.70. The fourth-order valence-electron chi connectivity index (χ4n) is 0.910. The number of aromatic nitrogens is 2. The maximum atomic E-state index is 13.0. The Kier molecular flexibility index (Phi) is 2.44. The summed E-state index contributed by atoms with van der Waals surface area (Å²) in [4.78, 5) is 4.38. The summed E-state index contributed by atoms with van der Waals surface area (Å²) >= 11 is 0. The lowest BCUT2D eigenvalue weighted by molar-refractivity contribution is -0.349. The van der Waals surface area contributed by atoms with Crippen molar-refractivity contribution in [2.24, 2.45) is 0 Å². The van der Waals surface area contributed by atoms with E-state index in [1.54, 1.807) is 0 Å².